The van der Waals surface area contributed by atoms with Crippen molar-refractivity contribution in [3.63, 3.8) is 0 Å². The Hall–Kier alpha value is -2.44. The van der Waals surface area contributed by atoms with Gasteiger partial charge in [-0.2, -0.15) is 4.37 Å². The molecule has 0 bridgehead atoms. The summed E-state index contributed by atoms with van der Waals surface area (Å²) in [5.41, 5.74) is 3.78. The Morgan fingerprint density at radius 2 is 1.96 bits per heavy atom. The van der Waals surface area contributed by atoms with Crippen molar-refractivity contribution in [1.29, 1.82) is 0 Å². The number of anilines is 2. The van der Waals surface area contributed by atoms with Gasteiger partial charge >= 0.3 is 0 Å². The maximum atomic E-state index is 14.4. The third kappa shape index (κ3) is 3.27. The van der Waals surface area contributed by atoms with Crippen molar-refractivity contribution >= 4 is 33.1 Å². The van der Waals surface area contributed by atoms with Crippen molar-refractivity contribution in [3.05, 3.63) is 65.6 Å². The lowest BCUT2D eigenvalue weighted by atomic mass is 10.0. The fourth-order valence-corrected chi connectivity index (χ4v) is 4.95. The first-order chi connectivity index (χ1) is 13.7. The molecule has 0 amide bonds. The summed E-state index contributed by atoms with van der Waals surface area (Å²) in [4.78, 5) is 4.80. The van der Waals surface area contributed by atoms with Crippen LogP contribution in [0.5, 0.6) is 0 Å². The fourth-order valence-electron chi connectivity index (χ4n) is 4.15. The molecule has 1 N–H and O–H groups in total. The first-order valence-corrected chi connectivity index (χ1v) is 10.5. The van der Waals surface area contributed by atoms with E-state index in [2.05, 4.69) is 50.3 Å². The molecular formula is C22H23FN4S. The summed E-state index contributed by atoms with van der Waals surface area (Å²) in [6.07, 6.45) is 1.54. The van der Waals surface area contributed by atoms with Gasteiger partial charge in [-0.05, 0) is 47.3 Å². The molecule has 6 heteroatoms. The third-order valence-electron chi connectivity index (χ3n) is 5.72. The molecule has 0 saturated carbocycles. The first kappa shape index (κ1) is 17.6. The fraction of sp³-hybridized carbons (Fsp3) is 0.318. The predicted molar refractivity (Wildman–Crippen MR) is 115 cm³/mol. The molecule has 0 atom stereocenters. The van der Waals surface area contributed by atoms with Gasteiger partial charge < -0.3 is 10.2 Å². The molecule has 2 aliphatic rings. The molecule has 5 rings (SSSR count). The van der Waals surface area contributed by atoms with Gasteiger partial charge in [-0.15, -0.1) is 0 Å². The van der Waals surface area contributed by atoms with Crippen LogP contribution in [0.15, 0.2) is 48.7 Å². The van der Waals surface area contributed by atoms with Crippen molar-refractivity contribution in [2.45, 2.75) is 12.8 Å². The SMILES string of the molecule is C=C1Cc2cc(CCN3CCN(c4nsc5ccccc45)CC3)c(F)cc2N1. The molecule has 3 aromatic rings. The topological polar surface area (TPSA) is 31.4 Å². The molecule has 0 unspecified atom stereocenters. The minimum atomic E-state index is -0.117. The van der Waals surface area contributed by atoms with E-state index >= 15 is 0 Å². The smallest absolute Gasteiger partial charge is 0.150 e. The molecule has 4 nitrogen and oxygen atoms in total. The molecule has 2 aromatic carbocycles. The van der Waals surface area contributed by atoms with E-state index in [0.717, 1.165) is 73.9 Å². The lowest BCUT2D eigenvalue weighted by molar-refractivity contribution is 0.260. The number of nitrogens with zero attached hydrogens (tertiary/aromatic N) is 3. The summed E-state index contributed by atoms with van der Waals surface area (Å²) in [5, 5.41) is 4.39. The molecule has 28 heavy (non-hydrogen) atoms. The number of hydrogen-bond donors (Lipinski definition) is 1. The molecule has 1 saturated heterocycles. The highest BCUT2D eigenvalue weighted by atomic mass is 32.1. The van der Waals surface area contributed by atoms with Gasteiger partial charge in [0.2, 0.25) is 0 Å². The Bertz CT molecular complexity index is 1040. The van der Waals surface area contributed by atoms with Crippen LogP contribution in [0, 0.1) is 5.82 Å². The van der Waals surface area contributed by atoms with E-state index in [9.17, 15) is 4.39 Å². The van der Waals surface area contributed by atoms with Crippen LogP contribution in [0.3, 0.4) is 0 Å². The quantitative estimate of drug-likeness (QED) is 0.716. The summed E-state index contributed by atoms with van der Waals surface area (Å²) in [7, 11) is 0. The maximum Gasteiger partial charge on any atom is 0.150 e. The van der Waals surface area contributed by atoms with Crippen LogP contribution < -0.4 is 10.2 Å². The second-order valence-electron chi connectivity index (χ2n) is 7.59. The number of fused-ring (bicyclic) bond motifs is 2. The Labute approximate surface area is 168 Å². The number of halogens is 1. The number of rotatable bonds is 4. The number of allylic oxidation sites excluding steroid dienone is 1. The summed E-state index contributed by atoms with van der Waals surface area (Å²) in [6.45, 7) is 8.72. The Kier molecular flexibility index (Phi) is 4.53. The van der Waals surface area contributed by atoms with E-state index < -0.39 is 0 Å². The number of benzene rings is 2. The molecule has 144 valence electrons. The molecule has 0 aliphatic carbocycles. The van der Waals surface area contributed by atoms with Crippen molar-refractivity contribution in [1.82, 2.24) is 9.27 Å². The predicted octanol–water partition coefficient (Wildman–Crippen LogP) is 4.28. The van der Waals surface area contributed by atoms with Crippen molar-refractivity contribution in [2.24, 2.45) is 0 Å². The number of piperazine rings is 1. The Morgan fingerprint density at radius 3 is 2.82 bits per heavy atom. The van der Waals surface area contributed by atoms with Gasteiger partial charge in [-0.1, -0.05) is 24.8 Å². The molecule has 0 radical (unpaired) electrons. The highest BCUT2D eigenvalue weighted by Crippen LogP contribution is 2.31. The monoisotopic (exact) mass is 394 g/mol. The zero-order valence-corrected chi connectivity index (χ0v) is 16.6. The molecule has 3 heterocycles. The minimum absolute atomic E-state index is 0.117. The highest BCUT2D eigenvalue weighted by molar-refractivity contribution is 7.13. The van der Waals surface area contributed by atoms with Crippen LogP contribution in [0.4, 0.5) is 15.9 Å². The average molecular weight is 395 g/mol. The van der Waals surface area contributed by atoms with E-state index in [1.165, 1.54) is 10.1 Å². The van der Waals surface area contributed by atoms with E-state index in [0.29, 0.717) is 0 Å². The summed E-state index contributed by atoms with van der Waals surface area (Å²) in [5.74, 6) is 0.992. The molecule has 2 aliphatic heterocycles. The molecular weight excluding hydrogens is 371 g/mol. The molecule has 1 fully saturated rings. The first-order valence-electron chi connectivity index (χ1n) is 9.75. The van der Waals surface area contributed by atoms with Gasteiger partial charge in [-0.3, -0.25) is 4.90 Å². The van der Waals surface area contributed by atoms with Crippen molar-refractivity contribution in [3.8, 4) is 0 Å². The van der Waals surface area contributed by atoms with Gasteiger partial charge in [-0.25, -0.2) is 4.39 Å². The Morgan fingerprint density at radius 1 is 1.14 bits per heavy atom. The highest BCUT2D eigenvalue weighted by Gasteiger charge is 2.21. The van der Waals surface area contributed by atoms with Crippen molar-refractivity contribution < 1.29 is 4.39 Å². The maximum absolute atomic E-state index is 14.4. The van der Waals surface area contributed by atoms with Crippen LogP contribution in [0.1, 0.15) is 11.1 Å². The lowest BCUT2D eigenvalue weighted by Crippen LogP contribution is -2.47. The normalized spacial score (nSPS) is 17.2. The van der Waals surface area contributed by atoms with E-state index in [1.807, 2.05) is 6.07 Å². The summed E-state index contributed by atoms with van der Waals surface area (Å²) >= 11 is 1.57. The van der Waals surface area contributed by atoms with E-state index in [1.54, 1.807) is 17.6 Å². The zero-order valence-electron chi connectivity index (χ0n) is 15.7. The van der Waals surface area contributed by atoms with Crippen LogP contribution in [0.2, 0.25) is 0 Å². The van der Waals surface area contributed by atoms with Gasteiger partial charge in [0.1, 0.15) is 11.6 Å². The van der Waals surface area contributed by atoms with Crippen molar-refractivity contribution in [2.75, 3.05) is 42.9 Å². The van der Waals surface area contributed by atoms with Crippen LogP contribution in [-0.4, -0.2) is 42.0 Å². The van der Waals surface area contributed by atoms with Crippen LogP contribution in [0.25, 0.3) is 10.1 Å². The minimum Gasteiger partial charge on any atom is -0.359 e. The number of hydrogen-bond acceptors (Lipinski definition) is 5. The summed E-state index contributed by atoms with van der Waals surface area (Å²) < 4.78 is 20.3. The van der Waals surface area contributed by atoms with E-state index in [4.69, 9.17) is 0 Å². The van der Waals surface area contributed by atoms with Crippen LogP contribution in [-0.2, 0) is 12.8 Å². The molecule has 0 spiro atoms. The third-order valence-corrected chi connectivity index (χ3v) is 6.53. The van der Waals surface area contributed by atoms with Gasteiger partial charge in [0.15, 0.2) is 0 Å². The van der Waals surface area contributed by atoms with Gasteiger partial charge in [0.05, 0.1) is 4.70 Å². The largest absolute Gasteiger partial charge is 0.359 e. The second-order valence-corrected chi connectivity index (χ2v) is 8.39. The number of nitrogens with one attached hydrogen (secondary N) is 1. The number of aromatic nitrogens is 1. The van der Waals surface area contributed by atoms with Crippen LogP contribution >= 0.6 is 11.5 Å². The summed E-state index contributed by atoms with van der Waals surface area (Å²) in [6, 6.07) is 12.0. The van der Waals surface area contributed by atoms with Gasteiger partial charge in [0, 0.05) is 55.9 Å². The second kappa shape index (κ2) is 7.18. The molecule has 1 aromatic heterocycles. The van der Waals surface area contributed by atoms with Gasteiger partial charge in [0.25, 0.3) is 0 Å². The van der Waals surface area contributed by atoms with E-state index in [-0.39, 0.29) is 5.82 Å². The standard InChI is InChI=1S/C22H23FN4S/c1-15-12-17-13-16(19(23)14-20(17)24-15)6-7-26-8-10-27(11-9-26)22-18-4-2-3-5-21(18)28-25-22/h2-5,13-14,24H,1,6-12H2. The Balaban J connectivity index is 1.20. The zero-order chi connectivity index (χ0) is 19.1. The average Bonchev–Trinajstić information content (AvgIpc) is 3.29. The lowest BCUT2D eigenvalue weighted by Gasteiger charge is -2.35.